The maximum atomic E-state index is 12.9. The summed E-state index contributed by atoms with van der Waals surface area (Å²) in [4.78, 5) is 19.5. The Kier molecular flexibility index (Phi) is 4.49. The van der Waals surface area contributed by atoms with Crippen molar-refractivity contribution in [2.45, 2.75) is 40.2 Å². The van der Waals surface area contributed by atoms with Gasteiger partial charge >= 0.3 is 0 Å². The highest BCUT2D eigenvalue weighted by molar-refractivity contribution is 7.22. The number of amides is 1. The Morgan fingerprint density at radius 3 is 2.73 bits per heavy atom. The average Bonchev–Trinajstić information content (AvgIpc) is 3.26. The molecule has 1 aliphatic carbocycles. The van der Waals surface area contributed by atoms with Crippen LogP contribution in [0.15, 0.2) is 18.2 Å². The van der Waals surface area contributed by atoms with E-state index in [9.17, 15) is 4.79 Å². The lowest BCUT2D eigenvalue weighted by molar-refractivity contribution is -0.119. The first-order valence-corrected chi connectivity index (χ1v) is 10.0. The second-order valence-corrected chi connectivity index (χ2v) is 8.43. The summed E-state index contributed by atoms with van der Waals surface area (Å²) in [6, 6.07) is 5.89. The lowest BCUT2D eigenvalue weighted by atomic mass is 10.2. The number of hydrogen-bond acceptors (Lipinski definition) is 4. The van der Waals surface area contributed by atoms with Gasteiger partial charge in [0.15, 0.2) is 5.13 Å². The number of carbonyl (C=O) groups excluding carboxylic acids is 1. The van der Waals surface area contributed by atoms with Crippen molar-refractivity contribution in [3.05, 3.63) is 40.2 Å². The van der Waals surface area contributed by atoms with Gasteiger partial charge in [-0.2, -0.15) is 5.10 Å². The Bertz CT molecular complexity index is 989. The van der Waals surface area contributed by atoms with E-state index in [0.29, 0.717) is 18.1 Å². The van der Waals surface area contributed by atoms with E-state index >= 15 is 0 Å². The molecule has 0 spiro atoms. The summed E-state index contributed by atoms with van der Waals surface area (Å²) in [5, 5.41) is 5.96. The van der Waals surface area contributed by atoms with Crippen molar-refractivity contribution >= 4 is 44.2 Å². The van der Waals surface area contributed by atoms with Crippen LogP contribution in [-0.4, -0.2) is 27.2 Å². The SMILES string of the molecule is Cc1cc(C)n(CCN(C(=O)C2CC2)c2nc3c(C)cc(Cl)cc3s2)n1. The van der Waals surface area contributed by atoms with Crippen LogP contribution in [0.25, 0.3) is 10.2 Å². The molecule has 0 radical (unpaired) electrons. The van der Waals surface area contributed by atoms with Gasteiger partial charge in [0.25, 0.3) is 0 Å². The smallest absolute Gasteiger partial charge is 0.231 e. The van der Waals surface area contributed by atoms with Crippen molar-refractivity contribution in [3.8, 4) is 0 Å². The third kappa shape index (κ3) is 3.35. The minimum atomic E-state index is 0.146. The molecule has 0 bridgehead atoms. The van der Waals surface area contributed by atoms with Gasteiger partial charge < -0.3 is 0 Å². The van der Waals surface area contributed by atoms with Gasteiger partial charge in [0, 0.05) is 23.2 Å². The predicted molar refractivity (Wildman–Crippen MR) is 106 cm³/mol. The third-order valence-electron chi connectivity index (χ3n) is 4.70. The molecular weight excluding hydrogens is 368 g/mol. The molecule has 1 aromatic carbocycles. The topological polar surface area (TPSA) is 51.0 Å². The molecule has 3 aromatic rings. The lowest BCUT2D eigenvalue weighted by Gasteiger charge is -2.20. The first kappa shape index (κ1) is 17.5. The van der Waals surface area contributed by atoms with Crippen LogP contribution in [0.5, 0.6) is 0 Å². The lowest BCUT2D eigenvalue weighted by Crippen LogP contribution is -2.35. The second kappa shape index (κ2) is 6.67. The molecule has 4 rings (SSSR count). The first-order chi connectivity index (χ1) is 12.4. The summed E-state index contributed by atoms with van der Waals surface area (Å²) in [6.45, 7) is 7.26. The fraction of sp³-hybridized carbons (Fsp3) is 0.421. The third-order valence-corrected chi connectivity index (χ3v) is 5.94. The van der Waals surface area contributed by atoms with Gasteiger partial charge in [-0.05, 0) is 57.4 Å². The van der Waals surface area contributed by atoms with Crippen molar-refractivity contribution in [1.82, 2.24) is 14.8 Å². The number of aryl methyl sites for hydroxylation is 3. The Labute approximate surface area is 161 Å². The number of rotatable bonds is 5. The number of hydrogen-bond donors (Lipinski definition) is 0. The van der Waals surface area contributed by atoms with Gasteiger partial charge in [0.1, 0.15) is 0 Å². The van der Waals surface area contributed by atoms with Crippen LogP contribution in [0, 0.1) is 26.7 Å². The molecule has 26 heavy (non-hydrogen) atoms. The van der Waals surface area contributed by atoms with Gasteiger partial charge in [-0.15, -0.1) is 0 Å². The summed E-state index contributed by atoms with van der Waals surface area (Å²) in [5.74, 6) is 0.321. The first-order valence-electron chi connectivity index (χ1n) is 8.81. The van der Waals surface area contributed by atoms with E-state index in [1.165, 1.54) is 11.3 Å². The Hall–Kier alpha value is -1.92. The average molecular weight is 389 g/mol. The molecule has 0 N–H and O–H groups in total. The van der Waals surface area contributed by atoms with Gasteiger partial charge in [-0.25, -0.2) is 4.98 Å². The number of fused-ring (bicyclic) bond motifs is 1. The molecule has 1 aliphatic rings. The molecule has 2 heterocycles. The van der Waals surface area contributed by atoms with Gasteiger partial charge in [0.2, 0.25) is 5.91 Å². The van der Waals surface area contributed by atoms with E-state index in [1.807, 2.05) is 42.5 Å². The minimum Gasteiger partial charge on any atom is -0.286 e. The number of carbonyl (C=O) groups is 1. The number of aromatic nitrogens is 3. The van der Waals surface area contributed by atoms with Crippen LogP contribution in [0.2, 0.25) is 5.02 Å². The van der Waals surface area contributed by atoms with E-state index in [2.05, 4.69) is 11.2 Å². The van der Waals surface area contributed by atoms with Crippen LogP contribution >= 0.6 is 22.9 Å². The molecule has 7 heteroatoms. The fourth-order valence-corrected chi connectivity index (χ4v) is 4.66. The maximum Gasteiger partial charge on any atom is 0.231 e. The Balaban J connectivity index is 1.65. The largest absolute Gasteiger partial charge is 0.286 e. The molecule has 2 aromatic heterocycles. The molecule has 1 amide bonds. The van der Waals surface area contributed by atoms with Crippen LogP contribution < -0.4 is 4.90 Å². The zero-order valence-electron chi connectivity index (χ0n) is 15.1. The van der Waals surface area contributed by atoms with E-state index in [-0.39, 0.29) is 11.8 Å². The van der Waals surface area contributed by atoms with E-state index in [1.54, 1.807) is 0 Å². The summed E-state index contributed by atoms with van der Waals surface area (Å²) in [6.07, 6.45) is 1.95. The fourth-order valence-electron chi connectivity index (χ4n) is 3.20. The van der Waals surface area contributed by atoms with Crippen LogP contribution in [0.3, 0.4) is 0 Å². The number of nitrogens with zero attached hydrogens (tertiary/aromatic N) is 4. The molecular formula is C19H21ClN4OS. The summed E-state index contributed by atoms with van der Waals surface area (Å²) in [7, 11) is 0. The number of benzene rings is 1. The highest BCUT2D eigenvalue weighted by Crippen LogP contribution is 2.37. The molecule has 0 saturated heterocycles. The number of halogens is 1. The van der Waals surface area contributed by atoms with Gasteiger partial charge in [-0.3, -0.25) is 14.4 Å². The van der Waals surface area contributed by atoms with Crippen LogP contribution in [0.1, 0.15) is 29.8 Å². The Morgan fingerprint density at radius 1 is 1.31 bits per heavy atom. The van der Waals surface area contributed by atoms with Crippen LogP contribution in [0.4, 0.5) is 5.13 Å². The quantitative estimate of drug-likeness (QED) is 0.645. The van der Waals surface area contributed by atoms with Crippen molar-refractivity contribution in [2.75, 3.05) is 11.4 Å². The molecule has 0 unspecified atom stereocenters. The van der Waals surface area contributed by atoms with Crippen molar-refractivity contribution < 1.29 is 4.79 Å². The Morgan fingerprint density at radius 2 is 2.08 bits per heavy atom. The molecule has 5 nitrogen and oxygen atoms in total. The molecule has 136 valence electrons. The van der Waals surface area contributed by atoms with Gasteiger partial charge in [-0.1, -0.05) is 22.9 Å². The number of thiazole rings is 1. The highest BCUT2D eigenvalue weighted by Gasteiger charge is 2.35. The second-order valence-electron chi connectivity index (χ2n) is 6.98. The van der Waals surface area contributed by atoms with E-state index in [4.69, 9.17) is 16.6 Å². The standard InChI is InChI=1S/C19H21ClN4OS/c1-11-8-15(20)10-16-17(11)21-19(26-16)23(18(25)14-4-5-14)6-7-24-13(3)9-12(2)22-24/h8-10,14H,4-7H2,1-3H3. The molecule has 1 fully saturated rings. The summed E-state index contributed by atoms with van der Waals surface area (Å²) in [5.41, 5.74) is 4.06. The summed E-state index contributed by atoms with van der Waals surface area (Å²) >= 11 is 7.72. The predicted octanol–water partition coefficient (Wildman–Crippen LogP) is 4.51. The summed E-state index contributed by atoms with van der Waals surface area (Å²) < 4.78 is 2.97. The van der Waals surface area contributed by atoms with E-state index in [0.717, 1.165) is 45.1 Å². The molecule has 0 atom stereocenters. The van der Waals surface area contributed by atoms with E-state index < -0.39 is 0 Å². The van der Waals surface area contributed by atoms with Crippen LogP contribution in [-0.2, 0) is 11.3 Å². The highest BCUT2D eigenvalue weighted by atomic mass is 35.5. The van der Waals surface area contributed by atoms with Crippen molar-refractivity contribution in [1.29, 1.82) is 0 Å². The van der Waals surface area contributed by atoms with Crippen molar-refractivity contribution in [3.63, 3.8) is 0 Å². The van der Waals surface area contributed by atoms with Crippen molar-refractivity contribution in [2.24, 2.45) is 5.92 Å². The normalized spacial score (nSPS) is 14.2. The molecule has 1 saturated carbocycles. The molecule has 0 aliphatic heterocycles. The zero-order chi connectivity index (χ0) is 18.4. The number of anilines is 1. The maximum absolute atomic E-state index is 12.9. The monoisotopic (exact) mass is 388 g/mol. The minimum absolute atomic E-state index is 0.146. The van der Waals surface area contributed by atoms with Gasteiger partial charge in [0.05, 0.1) is 22.5 Å². The zero-order valence-corrected chi connectivity index (χ0v) is 16.7.